The minimum Gasteiger partial charge on any atom is -0.393 e. The van der Waals surface area contributed by atoms with Gasteiger partial charge in [-0.25, -0.2) is 0 Å². The summed E-state index contributed by atoms with van der Waals surface area (Å²) in [7, 11) is 1.82. The van der Waals surface area contributed by atoms with Crippen molar-refractivity contribution in [2.45, 2.75) is 12.8 Å². The van der Waals surface area contributed by atoms with E-state index in [1.807, 2.05) is 18.8 Å². The lowest BCUT2D eigenvalue weighted by atomic mass is 10.1. The number of nitrogens with two attached hydrogens (primary N) is 1. The number of thiocarbonyl (C=S) groups is 1. The van der Waals surface area contributed by atoms with Crippen molar-refractivity contribution in [3.8, 4) is 0 Å². The molecule has 1 amide bonds. The van der Waals surface area contributed by atoms with Gasteiger partial charge in [0.25, 0.3) is 0 Å². The largest absolute Gasteiger partial charge is 0.393 e. The van der Waals surface area contributed by atoms with Gasteiger partial charge < -0.3 is 10.6 Å². The molecule has 0 bridgehead atoms. The molecule has 1 unspecified atom stereocenters. The number of carbonyl (C=O) groups is 1. The lowest BCUT2D eigenvalue weighted by molar-refractivity contribution is -0.133. The zero-order valence-electron chi connectivity index (χ0n) is 8.36. The number of rotatable bonds is 4. The molecule has 1 aliphatic rings. The Labute approximate surface area is 94.4 Å². The van der Waals surface area contributed by atoms with Crippen LogP contribution in [0.4, 0.5) is 0 Å². The first-order valence-electron chi connectivity index (χ1n) is 4.72. The number of nitrogens with zero attached hydrogens (tertiary/aromatic N) is 1. The Balaban J connectivity index is 2.31. The van der Waals surface area contributed by atoms with Crippen LogP contribution in [0.3, 0.4) is 0 Å². The second-order valence-corrected chi connectivity index (χ2v) is 5.21. The smallest absolute Gasteiger partial charge is 0.226 e. The molecule has 0 aromatic carbocycles. The van der Waals surface area contributed by atoms with E-state index >= 15 is 0 Å². The van der Waals surface area contributed by atoms with E-state index in [0.717, 1.165) is 17.9 Å². The van der Waals surface area contributed by atoms with Crippen LogP contribution >= 0.6 is 24.0 Å². The van der Waals surface area contributed by atoms with Gasteiger partial charge in [-0.2, -0.15) is 11.8 Å². The first kappa shape index (κ1) is 11.8. The molecule has 0 saturated carbocycles. The number of hydrogen-bond acceptors (Lipinski definition) is 3. The van der Waals surface area contributed by atoms with E-state index in [2.05, 4.69) is 0 Å². The predicted molar refractivity (Wildman–Crippen MR) is 64.5 cm³/mol. The third kappa shape index (κ3) is 3.46. The summed E-state index contributed by atoms with van der Waals surface area (Å²) in [5, 5.41) is 0. The number of amides is 1. The van der Waals surface area contributed by atoms with Gasteiger partial charge in [-0.3, -0.25) is 4.79 Å². The van der Waals surface area contributed by atoms with E-state index in [-0.39, 0.29) is 11.8 Å². The van der Waals surface area contributed by atoms with Crippen molar-refractivity contribution in [1.29, 1.82) is 0 Å². The minimum atomic E-state index is 0.219. The molecule has 0 spiro atoms. The maximum absolute atomic E-state index is 11.8. The third-order valence-electron chi connectivity index (χ3n) is 2.35. The van der Waals surface area contributed by atoms with E-state index in [4.69, 9.17) is 18.0 Å². The van der Waals surface area contributed by atoms with Crippen molar-refractivity contribution in [3.63, 3.8) is 0 Å². The predicted octanol–water partition coefficient (Wildman–Crippen LogP) is 0.874. The van der Waals surface area contributed by atoms with Gasteiger partial charge in [-0.1, -0.05) is 12.2 Å². The van der Waals surface area contributed by atoms with E-state index in [1.54, 1.807) is 4.90 Å². The van der Waals surface area contributed by atoms with Crippen LogP contribution < -0.4 is 5.73 Å². The third-order valence-corrected chi connectivity index (χ3v) is 3.72. The Hall–Kier alpha value is -0.290. The highest BCUT2D eigenvalue weighted by atomic mass is 32.2. The first-order chi connectivity index (χ1) is 6.61. The van der Waals surface area contributed by atoms with Crippen LogP contribution in [0.25, 0.3) is 0 Å². The van der Waals surface area contributed by atoms with Gasteiger partial charge in [0.05, 0.1) is 4.99 Å². The average molecular weight is 232 g/mol. The molecule has 0 aliphatic carbocycles. The maximum atomic E-state index is 11.8. The van der Waals surface area contributed by atoms with Crippen molar-refractivity contribution in [2.24, 2.45) is 11.7 Å². The van der Waals surface area contributed by atoms with Gasteiger partial charge in [0.2, 0.25) is 5.91 Å². The Morgan fingerprint density at radius 1 is 1.71 bits per heavy atom. The lowest BCUT2D eigenvalue weighted by Gasteiger charge is -2.20. The Bertz CT molecular complexity index is 227. The van der Waals surface area contributed by atoms with Crippen molar-refractivity contribution < 1.29 is 4.79 Å². The topological polar surface area (TPSA) is 46.3 Å². The molecule has 0 aromatic heterocycles. The summed E-state index contributed by atoms with van der Waals surface area (Å²) in [4.78, 5) is 14.0. The van der Waals surface area contributed by atoms with Crippen LogP contribution in [-0.2, 0) is 4.79 Å². The Morgan fingerprint density at radius 3 is 2.93 bits per heavy atom. The fourth-order valence-corrected chi connectivity index (χ4v) is 2.73. The van der Waals surface area contributed by atoms with Crippen LogP contribution in [0, 0.1) is 5.92 Å². The summed E-state index contributed by atoms with van der Waals surface area (Å²) < 4.78 is 0. The summed E-state index contributed by atoms with van der Waals surface area (Å²) in [6.45, 7) is 0.648. The molecule has 80 valence electrons. The highest BCUT2D eigenvalue weighted by Crippen LogP contribution is 2.24. The molecular weight excluding hydrogens is 216 g/mol. The zero-order chi connectivity index (χ0) is 10.6. The summed E-state index contributed by atoms with van der Waals surface area (Å²) in [6, 6.07) is 0. The van der Waals surface area contributed by atoms with Crippen molar-refractivity contribution in [3.05, 3.63) is 0 Å². The minimum absolute atomic E-state index is 0.219. The molecule has 1 rings (SSSR count). The highest BCUT2D eigenvalue weighted by molar-refractivity contribution is 7.99. The molecule has 3 nitrogen and oxygen atoms in total. The molecule has 1 heterocycles. The monoisotopic (exact) mass is 232 g/mol. The maximum Gasteiger partial charge on any atom is 0.226 e. The fraction of sp³-hybridized carbons (Fsp3) is 0.778. The standard InChI is InChI=1S/C9H16N2OS2/c1-11(4-2-8(10)13)9(12)7-3-5-14-6-7/h7H,2-6H2,1H3,(H2,10,13). The van der Waals surface area contributed by atoms with Crippen molar-refractivity contribution in [1.82, 2.24) is 4.90 Å². The fourth-order valence-electron chi connectivity index (χ4n) is 1.43. The molecule has 1 atom stereocenters. The molecule has 14 heavy (non-hydrogen) atoms. The van der Waals surface area contributed by atoms with Gasteiger partial charge in [-0.05, 0) is 12.2 Å². The summed E-state index contributed by atoms with van der Waals surface area (Å²) in [5.74, 6) is 2.54. The average Bonchev–Trinajstić information content (AvgIpc) is 2.65. The number of carbonyl (C=O) groups excluding carboxylic acids is 1. The Morgan fingerprint density at radius 2 is 2.43 bits per heavy atom. The Kier molecular flexibility index (Phi) is 4.68. The van der Waals surface area contributed by atoms with E-state index < -0.39 is 0 Å². The molecule has 1 fully saturated rings. The number of hydrogen-bond donors (Lipinski definition) is 1. The molecule has 1 aliphatic heterocycles. The van der Waals surface area contributed by atoms with Crippen LogP contribution in [0.1, 0.15) is 12.8 Å². The second-order valence-electron chi connectivity index (χ2n) is 3.54. The molecule has 2 N–H and O–H groups in total. The molecule has 5 heteroatoms. The van der Waals surface area contributed by atoms with Gasteiger partial charge in [0, 0.05) is 31.7 Å². The lowest BCUT2D eigenvalue weighted by Crippen LogP contribution is -2.35. The van der Waals surface area contributed by atoms with E-state index in [0.29, 0.717) is 18.0 Å². The van der Waals surface area contributed by atoms with Gasteiger partial charge in [-0.15, -0.1) is 0 Å². The van der Waals surface area contributed by atoms with Crippen molar-refractivity contribution in [2.75, 3.05) is 25.1 Å². The van der Waals surface area contributed by atoms with Crippen LogP contribution in [0.5, 0.6) is 0 Å². The van der Waals surface area contributed by atoms with Gasteiger partial charge in [0.15, 0.2) is 0 Å². The quantitative estimate of drug-likeness (QED) is 0.731. The molecule has 1 saturated heterocycles. The molecule has 0 aromatic rings. The van der Waals surface area contributed by atoms with E-state index in [9.17, 15) is 4.79 Å². The van der Waals surface area contributed by atoms with Gasteiger partial charge >= 0.3 is 0 Å². The highest BCUT2D eigenvalue weighted by Gasteiger charge is 2.25. The van der Waals surface area contributed by atoms with Crippen molar-refractivity contribution >= 4 is 34.9 Å². The summed E-state index contributed by atoms with van der Waals surface area (Å²) in [5.41, 5.74) is 5.38. The van der Waals surface area contributed by atoms with Crippen LogP contribution in [0.15, 0.2) is 0 Å². The zero-order valence-corrected chi connectivity index (χ0v) is 10.00. The normalized spacial score (nSPS) is 20.8. The number of thioether (sulfide) groups is 1. The molecular formula is C9H16N2OS2. The first-order valence-corrected chi connectivity index (χ1v) is 6.28. The van der Waals surface area contributed by atoms with E-state index in [1.165, 1.54) is 0 Å². The summed E-state index contributed by atoms with van der Waals surface area (Å²) >= 11 is 6.63. The SMILES string of the molecule is CN(CCC(N)=S)C(=O)C1CCSC1. The van der Waals surface area contributed by atoms with Crippen LogP contribution in [0.2, 0.25) is 0 Å². The van der Waals surface area contributed by atoms with Gasteiger partial charge in [0.1, 0.15) is 0 Å². The second kappa shape index (κ2) is 5.56. The summed E-state index contributed by atoms with van der Waals surface area (Å²) in [6.07, 6.45) is 1.64. The van der Waals surface area contributed by atoms with Crippen LogP contribution in [-0.4, -0.2) is 40.9 Å². The molecule has 0 radical (unpaired) electrons.